The number of carbonyl (C=O) groups is 1. The van der Waals surface area contributed by atoms with Gasteiger partial charge in [0.25, 0.3) is 0 Å². The number of amides is 1. The van der Waals surface area contributed by atoms with Gasteiger partial charge in [0.2, 0.25) is 5.91 Å². The highest BCUT2D eigenvalue weighted by Gasteiger charge is 2.24. The molecule has 4 nitrogen and oxygen atoms in total. The first kappa shape index (κ1) is 21.1. The molecule has 1 N–H and O–H groups in total. The average molecular weight is 426 g/mol. The predicted octanol–water partition coefficient (Wildman–Crippen LogP) is 5.61. The third-order valence-corrected chi connectivity index (χ3v) is 7.15. The van der Waals surface area contributed by atoms with E-state index < -0.39 is 0 Å². The summed E-state index contributed by atoms with van der Waals surface area (Å²) in [6, 6.07) is 12.6. The van der Waals surface area contributed by atoms with Crippen molar-refractivity contribution in [2.24, 2.45) is 0 Å². The fourth-order valence-corrected chi connectivity index (χ4v) is 5.51. The van der Waals surface area contributed by atoms with Gasteiger partial charge in [-0.1, -0.05) is 29.8 Å². The number of rotatable bonds is 7. The largest absolute Gasteiger partial charge is 0.493 e. The van der Waals surface area contributed by atoms with Gasteiger partial charge >= 0.3 is 0 Å². The van der Waals surface area contributed by atoms with Crippen molar-refractivity contribution in [1.82, 2.24) is 5.32 Å². The first-order valence-electron chi connectivity index (χ1n) is 11.0. The normalized spacial score (nSPS) is 18.7. The molecule has 0 spiro atoms. The van der Waals surface area contributed by atoms with Crippen LogP contribution in [-0.2, 0) is 11.2 Å². The SMILES string of the molecule is COc1cccc(CCC(=O)NC2CCSc3ccc(C)cc32)c1OC1CCCC1. The lowest BCUT2D eigenvalue weighted by atomic mass is 10.0. The quantitative estimate of drug-likeness (QED) is 0.626. The Morgan fingerprint density at radius 1 is 1.17 bits per heavy atom. The molecule has 0 bridgehead atoms. The Kier molecular flexibility index (Phi) is 6.88. The Balaban J connectivity index is 1.41. The van der Waals surface area contributed by atoms with E-state index >= 15 is 0 Å². The zero-order chi connectivity index (χ0) is 20.9. The van der Waals surface area contributed by atoms with Gasteiger partial charge in [0.05, 0.1) is 19.3 Å². The summed E-state index contributed by atoms with van der Waals surface area (Å²) in [6.45, 7) is 2.10. The van der Waals surface area contributed by atoms with Crippen LogP contribution in [0.2, 0.25) is 0 Å². The Morgan fingerprint density at radius 3 is 2.80 bits per heavy atom. The van der Waals surface area contributed by atoms with E-state index in [1.165, 1.54) is 28.9 Å². The monoisotopic (exact) mass is 425 g/mol. The number of fused-ring (bicyclic) bond motifs is 1. The minimum Gasteiger partial charge on any atom is -0.493 e. The molecule has 2 aliphatic rings. The lowest BCUT2D eigenvalue weighted by Gasteiger charge is -2.26. The third-order valence-electron chi connectivity index (χ3n) is 6.03. The molecular weight excluding hydrogens is 394 g/mol. The fourth-order valence-electron chi connectivity index (χ4n) is 4.40. The van der Waals surface area contributed by atoms with Gasteiger partial charge in [-0.3, -0.25) is 4.79 Å². The van der Waals surface area contributed by atoms with Crippen LogP contribution >= 0.6 is 11.8 Å². The molecule has 0 saturated heterocycles. The van der Waals surface area contributed by atoms with Crippen molar-refractivity contribution in [2.45, 2.75) is 68.9 Å². The van der Waals surface area contributed by atoms with E-state index in [2.05, 4.69) is 36.5 Å². The summed E-state index contributed by atoms with van der Waals surface area (Å²) in [6.07, 6.45) is 6.95. The number of para-hydroxylation sites is 1. The number of nitrogens with one attached hydrogen (secondary N) is 1. The van der Waals surface area contributed by atoms with E-state index in [4.69, 9.17) is 9.47 Å². The standard InChI is InChI=1S/C25H31NO3S/c1-17-10-12-23-20(16-17)21(14-15-30-23)26-24(27)13-11-18-6-5-9-22(28-2)25(18)29-19-7-3-4-8-19/h5-6,9-10,12,16,19,21H,3-4,7-8,11,13-15H2,1-2H3,(H,26,27). The first-order valence-corrected chi connectivity index (χ1v) is 12.0. The molecule has 1 atom stereocenters. The predicted molar refractivity (Wildman–Crippen MR) is 122 cm³/mol. The van der Waals surface area contributed by atoms with Crippen LogP contribution in [0.1, 0.15) is 61.3 Å². The van der Waals surface area contributed by atoms with Gasteiger partial charge < -0.3 is 14.8 Å². The van der Waals surface area contributed by atoms with Crippen molar-refractivity contribution < 1.29 is 14.3 Å². The topological polar surface area (TPSA) is 47.6 Å². The van der Waals surface area contributed by atoms with Crippen molar-refractivity contribution in [3.05, 3.63) is 53.1 Å². The number of aryl methyl sites for hydroxylation is 2. The van der Waals surface area contributed by atoms with Gasteiger partial charge in [0.1, 0.15) is 0 Å². The smallest absolute Gasteiger partial charge is 0.220 e. The summed E-state index contributed by atoms with van der Waals surface area (Å²) in [7, 11) is 1.67. The Bertz CT molecular complexity index is 892. The van der Waals surface area contributed by atoms with Crippen LogP contribution in [0.4, 0.5) is 0 Å². The summed E-state index contributed by atoms with van der Waals surface area (Å²) in [4.78, 5) is 14.1. The molecule has 0 radical (unpaired) electrons. The van der Waals surface area contributed by atoms with Crippen LogP contribution in [0.15, 0.2) is 41.3 Å². The van der Waals surface area contributed by atoms with Crippen molar-refractivity contribution >= 4 is 17.7 Å². The number of carbonyl (C=O) groups excluding carboxylic acids is 1. The van der Waals surface area contributed by atoms with E-state index in [0.717, 1.165) is 42.1 Å². The van der Waals surface area contributed by atoms with Gasteiger partial charge in [0.15, 0.2) is 11.5 Å². The second-order valence-corrected chi connectivity index (χ2v) is 9.41. The van der Waals surface area contributed by atoms with E-state index in [1.807, 2.05) is 23.9 Å². The molecular formula is C25H31NO3S. The number of thioether (sulfide) groups is 1. The lowest BCUT2D eigenvalue weighted by Crippen LogP contribution is -2.30. The number of methoxy groups -OCH3 is 1. The van der Waals surface area contributed by atoms with Crippen LogP contribution < -0.4 is 14.8 Å². The van der Waals surface area contributed by atoms with E-state index in [1.54, 1.807) is 7.11 Å². The molecule has 4 rings (SSSR count). The van der Waals surface area contributed by atoms with E-state index in [-0.39, 0.29) is 18.1 Å². The van der Waals surface area contributed by atoms with E-state index in [9.17, 15) is 4.79 Å². The molecule has 1 unspecified atom stereocenters. The minimum atomic E-state index is 0.0917. The Morgan fingerprint density at radius 2 is 2.00 bits per heavy atom. The molecule has 30 heavy (non-hydrogen) atoms. The molecule has 2 aromatic rings. The third kappa shape index (κ3) is 4.94. The maximum absolute atomic E-state index is 12.8. The van der Waals surface area contributed by atoms with Crippen molar-refractivity contribution in [2.75, 3.05) is 12.9 Å². The Labute approximate surface area is 183 Å². The second-order valence-electron chi connectivity index (χ2n) is 8.27. The summed E-state index contributed by atoms with van der Waals surface area (Å²) in [5.74, 6) is 2.70. The zero-order valence-corrected chi connectivity index (χ0v) is 18.7. The van der Waals surface area contributed by atoms with Gasteiger partial charge in [-0.25, -0.2) is 0 Å². The maximum atomic E-state index is 12.8. The number of ether oxygens (including phenoxy) is 2. The number of hydrogen-bond donors (Lipinski definition) is 1. The highest BCUT2D eigenvalue weighted by atomic mass is 32.2. The minimum absolute atomic E-state index is 0.0917. The highest BCUT2D eigenvalue weighted by molar-refractivity contribution is 7.99. The molecule has 1 amide bonds. The molecule has 1 fully saturated rings. The molecule has 160 valence electrons. The molecule has 2 aromatic carbocycles. The number of benzene rings is 2. The summed E-state index contributed by atoms with van der Waals surface area (Å²) >= 11 is 1.88. The molecule has 1 heterocycles. The molecule has 5 heteroatoms. The molecule has 1 aliphatic carbocycles. The maximum Gasteiger partial charge on any atom is 0.220 e. The summed E-state index contributed by atoms with van der Waals surface area (Å²) in [5.41, 5.74) is 3.54. The van der Waals surface area contributed by atoms with Gasteiger partial charge in [-0.15, -0.1) is 11.8 Å². The van der Waals surface area contributed by atoms with Crippen molar-refractivity contribution in [3.63, 3.8) is 0 Å². The zero-order valence-electron chi connectivity index (χ0n) is 17.9. The van der Waals surface area contributed by atoms with Crippen LogP contribution in [0, 0.1) is 6.92 Å². The highest BCUT2D eigenvalue weighted by Crippen LogP contribution is 2.37. The van der Waals surface area contributed by atoms with Crippen LogP contribution in [0.5, 0.6) is 11.5 Å². The Hall–Kier alpha value is -2.14. The van der Waals surface area contributed by atoms with Crippen LogP contribution in [0.25, 0.3) is 0 Å². The van der Waals surface area contributed by atoms with Gasteiger partial charge in [-0.05, 0) is 68.7 Å². The van der Waals surface area contributed by atoms with Gasteiger partial charge in [-0.2, -0.15) is 0 Å². The van der Waals surface area contributed by atoms with Crippen molar-refractivity contribution in [3.8, 4) is 11.5 Å². The second kappa shape index (κ2) is 9.78. The lowest BCUT2D eigenvalue weighted by molar-refractivity contribution is -0.121. The fraction of sp³-hybridized carbons (Fsp3) is 0.480. The van der Waals surface area contributed by atoms with E-state index in [0.29, 0.717) is 12.8 Å². The molecule has 1 aliphatic heterocycles. The van der Waals surface area contributed by atoms with Gasteiger partial charge in [0, 0.05) is 17.1 Å². The first-order chi connectivity index (χ1) is 14.6. The molecule has 1 saturated carbocycles. The summed E-state index contributed by atoms with van der Waals surface area (Å²) in [5, 5.41) is 3.27. The van der Waals surface area contributed by atoms with Crippen LogP contribution in [0.3, 0.4) is 0 Å². The average Bonchev–Trinajstić information content (AvgIpc) is 3.26. The number of hydrogen-bond acceptors (Lipinski definition) is 4. The summed E-state index contributed by atoms with van der Waals surface area (Å²) < 4.78 is 11.9. The van der Waals surface area contributed by atoms with Crippen molar-refractivity contribution in [1.29, 1.82) is 0 Å². The van der Waals surface area contributed by atoms with Crippen LogP contribution in [-0.4, -0.2) is 24.9 Å². The molecule has 0 aromatic heterocycles.